The highest BCUT2D eigenvalue weighted by Crippen LogP contribution is 2.33. The Bertz CT molecular complexity index is 937. The molecule has 0 aromatic heterocycles. The molecule has 1 heterocycles. The third-order valence-corrected chi connectivity index (χ3v) is 5.86. The van der Waals surface area contributed by atoms with Gasteiger partial charge in [0.2, 0.25) is 5.91 Å². The van der Waals surface area contributed by atoms with Crippen LogP contribution in [0.2, 0.25) is 0 Å². The number of carbonyl (C=O) groups excluding carboxylic acids is 1. The molecule has 1 unspecified atom stereocenters. The summed E-state index contributed by atoms with van der Waals surface area (Å²) in [7, 11) is -1.48. The number of ether oxygens (including phenoxy) is 2. The lowest BCUT2D eigenvalue weighted by Crippen LogP contribution is -2.31. The summed E-state index contributed by atoms with van der Waals surface area (Å²) in [6.45, 7) is 3.01. The van der Waals surface area contributed by atoms with Gasteiger partial charge in [0, 0.05) is 13.3 Å². The van der Waals surface area contributed by atoms with Crippen molar-refractivity contribution in [2.45, 2.75) is 24.3 Å². The maximum atomic E-state index is 12.6. The lowest BCUT2D eigenvalue weighted by atomic mass is 10.0. The van der Waals surface area contributed by atoms with Crippen molar-refractivity contribution in [3.63, 3.8) is 0 Å². The van der Waals surface area contributed by atoms with Gasteiger partial charge in [-0.05, 0) is 42.3 Å². The van der Waals surface area contributed by atoms with Crippen LogP contribution in [0.15, 0.2) is 47.4 Å². The first-order chi connectivity index (χ1) is 12.8. The number of amides is 1. The Morgan fingerprint density at radius 2 is 1.70 bits per heavy atom. The van der Waals surface area contributed by atoms with Crippen molar-refractivity contribution in [2.24, 2.45) is 0 Å². The molecule has 144 valence electrons. The SMILES string of the molecule is CC(c1ccc2c(c1)OCCO2)N(C)C(=O)Cc1ccc(S(C)(=O)=O)cc1. The van der Waals surface area contributed by atoms with E-state index in [0.29, 0.717) is 19.0 Å². The standard InChI is InChI=1S/C20H23NO5S/c1-14(16-6-9-18-19(13-16)26-11-10-25-18)21(2)20(22)12-15-4-7-17(8-5-15)27(3,23)24/h4-9,13-14H,10-12H2,1-3H3. The summed E-state index contributed by atoms with van der Waals surface area (Å²) in [5.74, 6) is 1.37. The highest BCUT2D eigenvalue weighted by molar-refractivity contribution is 7.90. The normalized spacial score (nSPS) is 14.5. The van der Waals surface area contributed by atoms with Crippen LogP contribution in [0.3, 0.4) is 0 Å². The molecule has 1 aliphatic heterocycles. The smallest absolute Gasteiger partial charge is 0.227 e. The van der Waals surface area contributed by atoms with Gasteiger partial charge in [-0.15, -0.1) is 0 Å². The second kappa shape index (κ2) is 7.60. The van der Waals surface area contributed by atoms with Crippen LogP contribution >= 0.6 is 0 Å². The highest BCUT2D eigenvalue weighted by Gasteiger charge is 2.20. The van der Waals surface area contributed by atoms with Crippen LogP contribution in [0.1, 0.15) is 24.1 Å². The molecule has 0 fully saturated rings. The van der Waals surface area contributed by atoms with Crippen LogP contribution in [0.25, 0.3) is 0 Å². The fourth-order valence-corrected chi connectivity index (χ4v) is 3.54. The molecule has 0 bridgehead atoms. The fraction of sp³-hybridized carbons (Fsp3) is 0.350. The molecule has 2 aromatic carbocycles. The van der Waals surface area contributed by atoms with Gasteiger partial charge in [0.05, 0.1) is 17.4 Å². The highest BCUT2D eigenvalue weighted by atomic mass is 32.2. The number of nitrogens with zero attached hydrogens (tertiary/aromatic N) is 1. The fourth-order valence-electron chi connectivity index (χ4n) is 2.91. The number of likely N-dealkylation sites (N-methyl/N-ethyl adjacent to an activating group) is 1. The second-order valence-electron chi connectivity index (χ2n) is 6.68. The molecule has 0 spiro atoms. The van der Waals surface area contributed by atoms with E-state index in [2.05, 4.69) is 0 Å². The Hall–Kier alpha value is -2.54. The van der Waals surface area contributed by atoms with Crippen molar-refractivity contribution in [2.75, 3.05) is 26.5 Å². The van der Waals surface area contributed by atoms with Crippen molar-refractivity contribution in [3.8, 4) is 11.5 Å². The van der Waals surface area contributed by atoms with Gasteiger partial charge >= 0.3 is 0 Å². The van der Waals surface area contributed by atoms with Gasteiger partial charge in [0.15, 0.2) is 21.3 Å². The lowest BCUT2D eigenvalue weighted by molar-refractivity contribution is -0.131. The van der Waals surface area contributed by atoms with E-state index in [1.807, 2.05) is 25.1 Å². The van der Waals surface area contributed by atoms with Crippen LogP contribution in [0.5, 0.6) is 11.5 Å². The van der Waals surface area contributed by atoms with Crippen molar-refractivity contribution in [1.82, 2.24) is 4.90 Å². The average molecular weight is 389 g/mol. The molecular formula is C20H23NO5S. The molecule has 0 N–H and O–H groups in total. The lowest BCUT2D eigenvalue weighted by Gasteiger charge is -2.27. The zero-order valence-electron chi connectivity index (χ0n) is 15.6. The van der Waals surface area contributed by atoms with Crippen LogP contribution in [-0.2, 0) is 21.1 Å². The Labute approximate surface area is 159 Å². The number of carbonyl (C=O) groups is 1. The Morgan fingerprint density at radius 1 is 1.07 bits per heavy atom. The van der Waals surface area contributed by atoms with Crippen molar-refractivity contribution in [1.29, 1.82) is 0 Å². The predicted octanol–water partition coefficient (Wildman–Crippen LogP) is 2.62. The maximum Gasteiger partial charge on any atom is 0.227 e. The van der Waals surface area contributed by atoms with Crippen LogP contribution < -0.4 is 9.47 Å². The monoisotopic (exact) mass is 389 g/mol. The summed E-state index contributed by atoms with van der Waals surface area (Å²) in [4.78, 5) is 14.6. The molecule has 0 saturated carbocycles. The third kappa shape index (κ3) is 4.42. The molecule has 7 heteroatoms. The van der Waals surface area contributed by atoms with Crippen LogP contribution in [-0.4, -0.2) is 45.7 Å². The molecule has 2 aromatic rings. The quantitative estimate of drug-likeness (QED) is 0.786. The zero-order valence-corrected chi connectivity index (χ0v) is 16.5. The van der Waals surface area contributed by atoms with E-state index in [9.17, 15) is 13.2 Å². The number of benzene rings is 2. The minimum Gasteiger partial charge on any atom is -0.486 e. The molecule has 27 heavy (non-hydrogen) atoms. The van der Waals surface area contributed by atoms with Gasteiger partial charge in [0.1, 0.15) is 13.2 Å². The largest absolute Gasteiger partial charge is 0.486 e. The zero-order chi connectivity index (χ0) is 19.6. The van der Waals surface area contributed by atoms with Crippen LogP contribution in [0.4, 0.5) is 0 Å². The summed E-state index contributed by atoms with van der Waals surface area (Å²) in [5.41, 5.74) is 1.73. The van der Waals surface area contributed by atoms with E-state index >= 15 is 0 Å². The first-order valence-corrected chi connectivity index (χ1v) is 10.6. The topological polar surface area (TPSA) is 72.9 Å². The molecule has 3 rings (SSSR count). The summed E-state index contributed by atoms with van der Waals surface area (Å²) in [6.07, 6.45) is 1.37. The molecule has 0 radical (unpaired) electrons. The van der Waals surface area contributed by atoms with E-state index in [-0.39, 0.29) is 23.3 Å². The number of sulfone groups is 1. The Balaban J connectivity index is 1.69. The molecular weight excluding hydrogens is 366 g/mol. The van der Waals surface area contributed by atoms with E-state index in [4.69, 9.17) is 9.47 Å². The number of fused-ring (bicyclic) bond motifs is 1. The van der Waals surface area contributed by atoms with E-state index < -0.39 is 9.84 Å². The minimum absolute atomic E-state index is 0.0514. The van der Waals surface area contributed by atoms with Crippen LogP contribution in [0, 0.1) is 0 Å². The molecule has 1 amide bonds. The van der Waals surface area contributed by atoms with Gasteiger partial charge in [-0.25, -0.2) is 8.42 Å². The molecule has 6 nitrogen and oxygen atoms in total. The molecule has 1 aliphatic rings. The van der Waals surface area contributed by atoms with E-state index in [1.165, 1.54) is 12.1 Å². The summed E-state index contributed by atoms with van der Waals surface area (Å²) in [6, 6.07) is 12.0. The van der Waals surface area contributed by atoms with E-state index in [0.717, 1.165) is 23.1 Å². The van der Waals surface area contributed by atoms with Crippen molar-refractivity contribution in [3.05, 3.63) is 53.6 Å². The van der Waals surface area contributed by atoms with Gasteiger partial charge in [0.25, 0.3) is 0 Å². The maximum absolute atomic E-state index is 12.6. The van der Waals surface area contributed by atoms with Gasteiger partial charge in [-0.3, -0.25) is 4.79 Å². The summed E-state index contributed by atoms with van der Waals surface area (Å²) < 4.78 is 34.2. The number of hydrogen-bond acceptors (Lipinski definition) is 5. The second-order valence-corrected chi connectivity index (χ2v) is 8.69. The summed E-state index contributed by atoms with van der Waals surface area (Å²) >= 11 is 0. The first kappa shape index (κ1) is 19.2. The minimum atomic E-state index is -3.24. The molecule has 1 atom stereocenters. The average Bonchev–Trinajstić information content (AvgIpc) is 2.66. The Morgan fingerprint density at radius 3 is 2.33 bits per heavy atom. The molecule has 0 aliphatic carbocycles. The van der Waals surface area contributed by atoms with Gasteiger partial charge < -0.3 is 14.4 Å². The Kier molecular flexibility index (Phi) is 5.41. The van der Waals surface area contributed by atoms with E-state index in [1.54, 1.807) is 24.1 Å². The first-order valence-electron chi connectivity index (χ1n) is 8.70. The van der Waals surface area contributed by atoms with Crippen molar-refractivity contribution < 1.29 is 22.7 Å². The van der Waals surface area contributed by atoms with Gasteiger partial charge in [-0.2, -0.15) is 0 Å². The summed E-state index contributed by atoms with van der Waals surface area (Å²) in [5, 5.41) is 0. The van der Waals surface area contributed by atoms with Crippen molar-refractivity contribution >= 4 is 15.7 Å². The third-order valence-electron chi connectivity index (χ3n) is 4.73. The predicted molar refractivity (Wildman–Crippen MR) is 102 cm³/mol. The number of rotatable bonds is 5. The van der Waals surface area contributed by atoms with Gasteiger partial charge in [-0.1, -0.05) is 18.2 Å². The molecule has 0 saturated heterocycles. The number of hydrogen-bond donors (Lipinski definition) is 0.